The number of nitrogens with zero attached hydrogens (tertiary/aromatic N) is 2. The van der Waals surface area contributed by atoms with Crippen LogP contribution in [-0.2, 0) is 11.5 Å². The highest BCUT2D eigenvalue weighted by molar-refractivity contribution is 6.55. The third kappa shape index (κ3) is 5.12. The summed E-state index contributed by atoms with van der Waals surface area (Å²) in [5.74, 6) is 1.38. The Kier molecular flexibility index (Phi) is 6.15. The molecular formula is C20H26N4O2Si. The second-order valence-corrected chi connectivity index (χ2v) is 10.2. The molecule has 1 heterocycles. The molecule has 0 spiro atoms. The average molecular weight is 383 g/mol. The molecule has 4 N–H and O–H groups in total. The van der Waals surface area contributed by atoms with Crippen molar-refractivity contribution < 1.29 is 9.47 Å². The summed E-state index contributed by atoms with van der Waals surface area (Å²) in [5.41, 5.74) is 14.7. The van der Waals surface area contributed by atoms with E-state index in [0.717, 1.165) is 23.6 Å². The zero-order chi connectivity index (χ0) is 19.2. The maximum absolute atomic E-state index is 5.84. The summed E-state index contributed by atoms with van der Waals surface area (Å²) in [6.07, 6.45) is 1.79. The third-order valence-corrected chi connectivity index (χ3v) is 5.60. The Morgan fingerprint density at radius 3 is 2.41 bits per heavy atom. The molecule has 3 rings (SSSR count). The van der Waals surface area contributed by atoms with Gasteiger partial charge in [-0.2, -0.15) is 5.10 Å². The van der Waals surface area contributed by atoms with E-state index in [1.54, 1.807) is 24.4 Å². The number of hydrogen-bond acceptors (Lipinski definition) is 5. The highest BCUT2D eigenvalue weighted by atomic mass is 28.3. The zero-order valence-electron chi connectivity index (χ0n) is 15.8. The maximum atomic E-state index is 5.84. The standard InChI is InChI=1S/C20H26N4O2Si/c1-27(2)12-11-25-14-24-20(9-10-23-24)15-3-5-16(6-4-15)26-17-7-8-18(21)19(22)13-17/h3-10,13,27H,11-12,14,21-22H2,1-2H3. The summed E-state index contributed by atoms with van der Waals surface area (Å²) in [5, 5.41) is 4.36. The van der Waals surface area contributed by atoms with E-state index in [0.29, 0.717) is 23.9 Å². The van der Waals surface area contributed by atoms with Crippen LogP contribution in [0, 0.1) is 0 Å². The number of aromatic nitrogens is 2. The minimum Gasteiger partial charge on any atom is -0.457 e. The number of nitrogens with two attached hydrogens (primary N) is 2. The van der Waals surface area contributed by atoms with Gasteiger partial charge in [-0.25, -0.2) is 4.68 Å². The highest BCUT2D eigenvalue weighted by Crippen LogP contribution is 2.28. The van der Waals surface area contributed by atoms with E-state index in [1.165, 1.54) is 6.04 Å². The Hall–Kier alpha value is -2.77. The number of nitrogen functional groups attached to an aromatic ring is 2. The maximum Gasteiger partial charge on any atom is 0.139 e. The molecule has 27 heavy (non-hydrogen) atoms. The van der Waals surface area contributed by atoms with Gasteiger partial charge in [0.15, 0.2) is 0 Å². The molecule has 6 nitrogen and oxygen atoms in total. The first-order chi connectivity index (χ1) is 13.0. The van der Waals surface area contributed by atoms with E-state index >= 15 is 0 Å². The van der Waals surface area contributed by atoms with E-state index in [9.17, 15) is 0 Å². The van der Waals surface area contributed by atoms with Crippen molar-refractivity contribution in [2.45, 2.75) is 25.9 Å². The van der Waals surface area contributed by atoms with Crippen LogP contribution in [0.5, 0.6) is 11.5 Å². The molecule has 0 aliphatic rings. The lowest BCUT2D eigenvalue weighted by Gasteiger charge is -2.11. The first-order valence-electron chi connectivity index (χ1n) is 9.06. The Morgan fingerprint density at radius 1 is 0.963 bits per heavy atom. The van der Waals surface area contributed by atoms with Gasteiger partial charge in [0.05, 0.1) is 17.1 Å². The minimum atomic E-state index is -0.578. The molecule has 0 fully saturated rings. The molecule has 0 atom stereocenters. The van der Waals surface area contributed by atoms with E-state index < -0.39 is 8.80 Å². The number of benzene rings is 2. The van der Waals surface area contributed by atoms with Crippen LogP contribution >= 0.6 is 0 Å². The lowest BCUT2D eigenvalue weighted by atomic mass is 10.1. The van der Waals surface area contributed by atoms with Gasteiger partial charge in [0.25, 0.3) is 0 Å². The van der Waals surface area contributed by atoms with Crippen molar-refractivity contribution in [1.29, 1.82) is 0 Å². The van der Waals surface area contributed by atoms with Crippen molar-refractivity contribution in [3.05, 3.63) is 54.7 Å². The summed E-state index contributed by atoms with van der Waals surface area (Å²) >= 11 is 0. The van der Waals surface area contributed by atoms with Gasteiger partial charge >= 0.3 is 0 Å². The topological polar surface area (TPSA) is 88.3 Å². The molecular weight excluding hydrogens is 356 g/mol. The van der Waals surface area contributed by atoms with Gasteiger partial charge in [-0.05, 0) is 48.5 Å². The molecule has 0 saturated heterocycles. The second-order valence-electron chi connectivity index (χ2n) is 6.85. The monoisotopic (exact) mass is 382 g/mol. The summed E-state index contributed by atoms with van der Waals surface area (Å²) in [6, 6.07) is 16.3. The van der Waals surface area contributed by atoms with Gasteiger partial charge in [0, 0.05) is 33.2 Å². The fourth-order valence-corrected chi connectivity index (χ4v) is 3.24. The van der Waals surface area contributed by atoms with Crippen LogP contribution in [0.1, 0.15) is 0 Å². The van der Waals surface area contributed by atoms with Crippen molar-refractivity contribution in [1.82, 2.24) is 9.78 Å². The fourth-order valence-electron chi connectivity index (χ4n) is 2.60. The number of ether oxygens (including phenoxy) is 2. The van der Waals surface area contributed by atoms with E-state index in [1.807, 2.05) is 35.0 Å². The number of rotatable bonds is 8. The molecule has 0 unspecified atom stereocenters. The zero-order valence-corrected chi connectivity index (χ0v) is 16.9. The molecule has 7 heteroatoms. The van der Waals surface area contributed by atoms with Crippen LogP contribution in [0.4, 0.5) is 11.4 Å². The number of anilines is 2. The Labute approximate surface area is 161 Å². The lowest BCUT2D eigenvalue weighted by Crippen LogP contribution is -2.10. The number of hydrogen-bond donors (Lipinski definition) is 2. The molecule has 3 aromatic rings. The van der Waals surface area contributed by atoms with Gasteiger partial charge in [0.1, 0.15) is 18.2 Å². The van der Waals surface area contributed by atoms with Crippen molar-refractivity contribution in [3.8, 4) is 22.8 Å². The summed E-state index contributed by atoms with van der Waals surface area (Å²) < 4.78 is 13.5. The fraction of sp³-hybridized carbons (Fsp3) is 0.250. The molecule has 2 aromatic carbocycles. The second kappa shape index (κ2) is 8.74. The summed E-state index contributed by atoms with van der Waals surface area (Å²) in [4.78, 5) is 0. The van der Waals surface area contributed by atoms with E-state index in [-0.39, 0.29) is 0 Å². The van der Waals surface area contributed by atoms with Gasteiger partial charge in [0.2, 0.25) is 0 Å². The Morgan fingerprint density at radius 2 is 1.70 bits per heavy atom. The van der Waals surface area contributed by atoms with Gasteiger partial charge < -0.3 is 20.9 Å². The summed E-state index contributed by atoms with van der Waals surface area (Å²) in [6.45, 7) is 5.91. The largest absolute Gasteiger partial charge is 0.457 e. The molecule has 0 radical (unpaired) electrons. The first-order valence-corrected chi connectivity index (χ1v) is 12.2. The lowest BCUT2D eigenvalue weighted by molar-refractivity contribution is 0.0801. The van der Waals surface area contributed by atoms with Crippen molar-refractivity contribution in [2.24, 2.45) is 0 Å². The minimum absolute atomic E-state index is 0.465. The van der Waals surface area contributed by atoms with Crippen LogP contribution in [0.25, 0.3) is 11.3 Å². The van der Waals surface area contributed by atoms with Gasteiger partial charge in [-0.3, -0.25) is 0 Å². The van der Waals surface area contributed by atoms with Crippen LogP contribution in [-0.4, -0.2) is 25.2 Å². The summed E-state index contributed by atoms with van der Waals surface area (Å²) in [7, 11) is -0.578. The SMILES string of the molecule is C[SiH](C)CCOCn1nccc1-c1ccc(Oc2ccc(N)c(N)c2)cc1. The Bertz CT molecular complexity index is 878. The molecule has 0 bridgehead atoms. The smallest absolute Gasteiger partial charge is 0.139 e. The first kappa shape index (κ1) is 19.0. The quantitative estimate of drug-likeness (QED) is 0.350. The molecule has 0 amide bonds. The van der Waals surface area contributed by atoms with Crippen LogP contribution in [0.15, 0.2) is 54.7 Å². The highest BCUT2D eigenvalue weighted by Gasteiger charge is 2.07. The average Bonchev–Trinajstić information content (AvgIpc) is 3.11. The van der Waals surface area contributed by atoms with E-state index in [4.69, 9.17) is 20.9 Å². The molecule has 0 aliphatic heterocycles. The molecule has 0 aliphatic carbocycles. The van der Waals surface area contributed by atoms with Crippen LogP contribution in [0.2, 0.25) is 19.1 Å². The van der Waals surface area contributed by atoms with Crippen molar-refractivity contribution in [3.63, 3.8) is 0 Å². The Balaban J connectivity index is 1.65. The third-order valence-electron chi connectivity index (χ3n) is 4.21. The van der Waals surface area contributed by atoms with Crippen LogP contribution < -0.4 is 16.2 Å². The predicted octanol–water partition coefficient (Wildman–Crippen LogP) is 3.97. The van der Waals surface area contributed by atoms with Crippen molar-refractivity contribution in [2.75, 3.05) is 18.1 Å². The van der Waals surface area contributed by atoms with Gasteiger partial charge in [-0.15, -0.1) is 0 Å². The normalized spacial score (nSPS) is 11.1. The molecule has 0 saturated carbocycles. The van der Waals surface area contributed by atoms with Crippen molar-refractivity contribution >= 4 is 20.2 Å². The van der Waals surface area contributed by atoms with E-state index in [2.05, 4.69) is 18.2 Å². The van der Waals surface area contributed by atoms with Crippen LogP contribution in [0.3, 0.4) is 0 Å². The molecule has 1 aromatic heterocycles. The molecule has 142 valence electrons. The predicted molar refractivity (Wildman–Crippen MR) is 113 cm³/mol. The van der Waals surface area contributed by atoms with Gasteiger partial charge in [-0.1, -0.05) is 13.1 Å².